The number of carbonyl (C=O) groups excluding carboxylic acids is 1. The summed E-state index contributed by atoms with van der Waals surface area (Å²) in [5.41, 5.74) is 7.43. The molecule has 2 aromatic carbocycles. The number of amides is 1. The third kappa shape index (κ3) is 5.40. The molecule has 0 aliphatic carbocycles. The Bertz CT molecular complexity index is 800. The van der Waals surface area contributed by atoms with Crippen LogP contribution in [0.4, 0.5) is 0 Å². The first-order valence-electron chi connectivity index (χ1n) is 10.00. The Morgan fingerprint density at radius 2 is 1.69 bits per heavy atom. The number of rotatable bonds is 9. The van der Waals surface area contributed by atoms with Gasteiger partial charge in [0.1, 0.15) is 11.9 Å². The van der Waals surface area contributed by atoms with Crippen LogP contribution in [0.5, 0.6) is 17.2 Å². The molecule has 7 nitrogen and oxygen atoms in total. The van der Waals surface area contributed by atoms with E-state index in [-0.39, 0.29) is 30.6 Å². The van der Waals surface area contributed by atoms with Gasteiger partial charge in [-0.1, -0.05) is 24.3 Å². The Morgan fingerprint density at radius 3 is 2.41 bits per heavy atom. The van der Waals surface area contributed by atoms with Crippen molar-refractivity contribution in [2.45, 2.75) is 38.9 Å². The Hall–Kier alpha value is -2.77. The number of benzene rings is 2. The third-order valence-corrected chi connectivity index (χ3v) is 4.75. The van der Waals surface area contributed by atoms with Gasteiger partial charge in [0.25, 0.3) is 5.91 Å². The number of hydrogen-bond acceptors (Lipinski definition) is 6. The maximum atomic E-state index is 12.4. The highest BCUT2D eigenvalue weighted by Crippen LogP contribution is 2.34. The topological polar surface area (TPSA) is 80.9 Å². The Kier molecular flexibility index (Phi) is 7.32. The third-order valence-electron chi connectivity index (χ3n) is 4.75. The van der Waals surface area contributed by atoms with Crippen LogP contribution in [0.3, 0.4) is 0 Å². The molecular weight excluding hydrogens is 370 g/mol. The largest absolute Gasteiger partial charge is 0.490 e. The molecule has 0 bridgehead atoms. The molecule has 3 unspecified atom stereocenters. The summed E-state index contributed by atoms with van der Waals surface area (Å²) < 4.78 is 17.0. The number of nitrogens with one attached hydrogen (secondary N) is 3. The van der Waals surface area contributed by atoms with Crippen LogP contribution in [-0.4, -0.2) is 37.9 Å². The minimum absolute atomic E-state index is 0.0190. The van der Waals surface area contributed by atoms with Crippen molar-refractivity contribution in [3.05, 3.63) is 54.1 Å². The Morgan fingerprint density at radius 1 is 0.966 bits per heavy atom. The predicted molar refractivity (Wildman–Crippen MR) is 111 cm³/mol. The van der Waals surface area contributed by atoms with Crippen molar-refractivity contribution in [3.8, 4) is 17.2 Å². The first-order chi connectivity index (χ1) is 14.1. The van der Waals surface area contributed by atoms with Crippen molar-refractivity contribution < 1.29 is 19.0 Å². The predicted octanol–water partition coefficient (Wildman–Crippen LogP) is 2.59. The van der Waals surface area contributed by atoms with Gasteiger partial charge in [-0.05, 0) is 50.6 Å². The smallest absolute Gasteiger partial charge is 0.259 e. The van der Waals surface area contributed by atoms with Gasteiger partial charge in [0, 0.05) is 12.0 Å². The fourth-order valence-electron chi connectivity index (χ4n) is 3.45. The summed E-state index contributed by atoms with van der Waals surface area (Å²) in [6.45, 7) is 7.04. The lowest BCUT2D eigenvalue weighted by Crippen LogP contribution is -2.47. The minimum Gasteiger partial charge on any atom is -0.490 e. The van der Waals surface area contributed by atoms with Gasteiger partial charge in [-0.25, -0.2) is 5.43 Å². The van der Waals surface area contributed by atoms with E-state index >= 15 is 0 Å². The summed E-state index contributed by atoms with van der Waals surface area (Å²) in [6.07, 6.45) is -0.274. The van der Waals surface area contributed by atoms with Crippen LogP contribution >= 0.6 is 0 Å². The molecule has 1 fully saturated rings. The van der Waals surface area contributed by atoms with Crippen LogP contribution in [0.15, 0.2) is 48.5 Å². The molecule has 0 spiro atoms. The van der Waals surface area contributed by atoms with Crippen LogP contribution in [-0.2, 0) is 4.79 Å². The molecule has 1 amide bonds. The van der Waals surface area contributed by atoms with Crippen molar-refractivity contribution in [2.24, 2.45) is 0 Å². The second-order valence-electron chi connectivity index (χ2n) is 6.82. The molecule has 29 heavy (non-hydrogen) atoms. The molecule has 3 rings (SSSR count). The highest BCUT2D eigenvalue weighted by molar-refractivity contribution is 5.78. The summed E-state index contributed by atoms with van der Waals surface area (Å²) in [5, 5.41) is 3.01. The monoisotopic (exact) mass is 399 g/mol. The van der Waals surface area contributed by atoms with Crippen molar-refractivity contribution in [1.29, 1.82) is 0 Å². The fraction of sp³-hybridized carbons (Fsp3) is 0.409. The molecule has 0 aromatic heterocycles. The molecule has 0 saturated carbocycles. The highest BCUT2D eigenvalue weighted by atomic mass is 16.5. The zero-order valence-electron chi connectivity index (χ0n) is 17.1. The van der Waals surface area contributed by atoms with E-state index in [2.05, 4.69) is 23.1 Å². The summed E-state index contributed by atoms with van der Waals surface area (Å²) in [4.78, 5) is 12.4. The first-order valence-corrected chi connectivity index (χ1v) is 10.00. The van der Waals surface area contributed by atoms with Gasteiger partial charge >= 0.3 is 0 Å². The second kappa shape index (κ2) is 10.1. The molecule has 7 heteroatoms. The molecule has 1 heterocycles. The fourth-order valence-corrected chi connectivity index (χ4v) is 3.45. The lowest BCUT2D eigenvalue weighted by atomic mass is 9.91. The molecule has 3 atom stereocenters. The minimum atomic E-state index is -0.274. The standard InChI is InChI=1S/C22H29N3O4/c1-4-27-18-12-11-16(13-19(18)28-5-2)21-15(3)24-25-22(21)23-20(26)14-29-17-9-7-6-8-10-17/h6-13,15,21-22,24-25H,4-5,14H2,1-3H3,(H,23,26). The molecule has 1 aliphatic heterocycles. The normalized spacial score (nSPS) is 20.9. The van der Waals surface area contributed by atoms with E-state index in [0.717, 1.165) is 11.3 Å². The molecular formula is C22H29N3O4. The average molecular weight is 399 g/mol. The van der Waals surface area contributed by atoms with Gasteiger partial charge in [0.2, 0.25) is 0 Å². The van der Waals surface area contributed by atoms with Crippen molar-refractivity contribution in [3.63, 3.8) is 0 Å². The zero-order chi connectivity index (χ0) is 20.6. The van der Waals surface area contributed by atoms with Crippen molar-refractivity contribution >= 4 is 5.91 Å². The second-order valence-corrected chi connectivity index (χ2v) is 6.82. The average Bonchev–Trinajstić information content (AvgIpc) is 3.09. The maximum absolute atomic E-state index is 12.4. The van der Waals surface area contributed by atoms with Gasteiger partial charge in [0.15, 0.2) is 18.1 Å². The van der Waals surface area contributed by atoms with E-state index in [1.54, 1.807) is 0 Å². The molecule has 3 N–H and O–H groups in total. The van der Waals surface area contributed by atoms with Crippen LogP contribution in [0.2, 0.25) is 0 Å². The lowest BCUT2D eigenvalue weighted by molar-refractivity contribution is -0.124. The van der Waals surface area contributed by atoms with Crippen LogP contribution in [0.1, 0.15) is 32.3 Å². The van der Waals surface area contributed by atoms with Gasteiger partial charge < -0.3 is 19.5 Å². The van der Waals surface area contributed by atoms with Crippen LogP contribution in [0, 0.1) is 0 Å². The summed E-state index contributed by atoms with van der Waals surface area (Å²) in [6, 6.07) is 15.3. The SMILES string of the molecule is CCOc1ccc(C2C(C)NNC2NC(=O)COc2ccccc2)cc1OCC. The quantitative estimate of drug-likeness (QED) is 0.601. The van der Waals surface area contributed by atoms with Gasteiger partial charge in [-0.3, -0.25) is 10.2 Å². The molecule has 1 aliphatic rings. The molecule has 0 radical (unpaired) electrons. The van der Waals surface area contributed by atoms with E-state index in [1.165, 1.54) is 0 Å². The van der Waals surface area contributed by atoms with Gasteiger partial charge in [-0.2, -0.15) is 0 Å². The van der Waals surface area contributed by atoms with Crippen LogP contribution in [0.25, 0.3) is 0 Å². The van der Waals surface area contributed by atoms with E-state index in [1.807, 2.05) is 62.4 Å². The van der Waals surface area contributed by atoms with Crippen LogP contribution < -0.4 is 30.4 Å². The summed E-state index contributed by atoms with van der Waals surface area (Å²) in [5.74, 6) is 1.93. The van der Waals surface area contributed by atoms with Crippen molar-refractivity contribution in [1.82, 2.24) is 16.2 Å². The van der Waals surface area contributed by atoms with Gasteiger partial charge in [0.05, 0.1) is 13.2 Å². The summed E-state index contributed by atoms with van der Waals surface area (Å²) in [7, 11) is 0. The first kappa shape index (κ1) is 21.0. The van der Waals surface area contributed by atoms with E-state index in [9.17, 15) is 4.79 Å². The number of carbonyl (C=O) groups is 1. The number of hydrazine groups is 1. The van der Waals surface area contributed by atoms with Gasteiger partial charge in [-0.15, -0.1) is 0 Å². The van der Waals surface area contributed by atoms with Crippen molar-refractivity contribution in [2.75, 3.05) is 19.8 Å². The van der Waals surface area contributed by atoms with E-state index in [0.29, 0.717) is 24.7 Å². The summed E-state index contributed by atoms with van der Waals surface area (Å²) >= 11 is 0. The van der Waals surface area contributed by atoms with E-state index < -0.39 is 0 Å². The molecule has 2 aromatic rings. The molecule has 1 saturated heterocycles. The zero-order valence-corrected chi connectivity index (χ0v) is 17.1. The highest BCUT2D eigenvalue weighted by Gasteiger charge is 2.35. The Balaban J connectivity index is 1.68. The number of hydrogen-bond donors (Lipinski definition) is 3. The maximum Gasteiger partial charge on any atom is 0.259 e. The Labute approximate surface area is 171 Å². The van der Waals surface area contributed by atoms with E-state index in [4.69, 9.17) is 14.2 Å². The lowest BCUT2D eigenvalue weighted by Gasteiger charge is -2.23. The molecule has 156 valence electrons. The number of ether oxygens (including phenoxy) is 3. The number of para-hydroxylation sites is 1.